The first kappa shape index (κ1) is 11.3. The molecular weight excluding hydrogens is 216 g/mol. The maximum absolute atomic E-state index is 5.80. The summed E-state index contributed by atoms with van der Waals surface area (Å²) < 4.78 is 11.3. The first-order chi connectivity index (χ1) is 8.36. The molecule has 0 aromatic carbocycles. The van der Waals surface area contributed by atoms with Crippen LogP contribution in [-0.4, -0.2) is 30.2 Å². The van der Waals surface area contributed by atoms with Crippen molar-refractivity contribution in [1.82, 2.24) is 4.90 Å². The molecule has 0 bridgehead atoms. The van der Waals surface area contributed by atoms with Gasteiger partial charge in [0.15, 0.2) is 0 Å². The quantitative estimate of drug-likeness (QED) is 0.864. The summed E-state index contributed by atoms with van der Waals surface area (Å²) in [6, 6.07) is 2.66. The average molecular weight is 236 g/mol. The van der Waals surface area contributed by atoms with Gasteiger partial charge in [-0.1, -0.05) is 0 Å². The molecule has 1 saturated carbocycles. The third kappa shape index (κ3) is 2.25. The molecule has 1 aliphatic heterocycles. The predicted molar refractivity (Wildman–Crippen MR) is 64.4 cm³/mol. The Morgan fingerprint density at radius 1 is 1.41 bits per heavy atom. The molecule has 1 aromatic rings. The van der Waals surface area contributed by atoms with E-state index < -0.39 is 0 Å². The normalized spacial score (nSPS) is 29.5. The van der Waals surface area contributed by atoms with Crippen molar-refractivity contribution in [2.75, 3.05) is 13.2 Å². The van der Waals surface area contributed by atoms with Crippen LogP contribution in [0.1, 0.15) is 30.6 Å². The summed E-state index contributed by atoms with van der Waals surface area (Å²) in [6.07, 6.45) is 5.98. The highest BCUT2D eigenvalue weighted by Gasteiger charge is 2.36. The number of rotatable bonds is 3. The van der Waals surface area contributed by atoms with E-state index in [2.05, 4.69) is 11.0 Å². The van der Waals surface area contributed by atoms with E-state index in [1.807, 2.05) is 0 Å². The molecule has 3 rings (SSSR count). The van der Waals surface area contributed by atoms with Crippen molar-refractivity contribution >= 4 is 0 Å². The first-order valence-corrected chi connectivity index (χ1v) is 6.49. The molecule has 2 aliphatic rings. The smallest absolute Gasteiger partial charge is 0.118 e. The molecule has 1 saturated heterocycles. The van der Waals surface area contributed by atoms with Gasteiger partial charge in [0, 0.05) is 24.7 Å². The average Bonchev–Trinajstić information content (AvgIpc) is 2.97. The Morgan fingerprint density at radius 2 is 2.35 bits per heavy atom. The van der Waals surface area contributed by atoms with Crippen LogP contribution in [0.15, 0.2) is 16.7 Å². The Kier molecular flexibility index (Phi) is 3.18. The van der Waals surface area contributed by atoms with Crippen molar-refractivity contribution < 1.29 is 9.15 Å². The van der Waals surface area contributed by atoms with E-state index in [1.165, 1.54) is 19.3 Å². The topological polar surface area (TPSA) is 51.6 Å². The summed E-state index contributed by atoms with van der Waals surface area (Å²) in [5, 5.41) is 0. The van der Waals surface area contributed by atoms with Crippen LogP contribution < -0.4 is 5.73 Å². The Bertz CT molecular complexity index is 377. The summed E-state index contributed by atoms with van der Waals surface area (Å²) in [6.45, 7) is 3.31. The summed E-state index contributed by atoms with van der Waals surface area (Å²) in [5.74, 6) is 1.03. The van der Waals surface area contributed by atoms with Gasteiger partial charge in [-0.15, -0.1) is 0 Å². The molecule has 0 radical (unpaired) electrons. The van der Waals surface area contributed by atoms with Crippen LogP contribution in [0.3, 0.4) is 0 Å². The second kappa shape index (κ2) is 4.80. The Hall–Kier alpha value is -0.840. The Morgan fingerprint density at radius 3 is 3.18 bits per heavy atom. The molecule has 2 atom stereocenters. The van der Waals surface area contributed by atoms with Gasteiger partial charge in [0.1, 0.15) is 5.76 Å². The van der Waals surface area contributed by atoms with Crippen molar-refractivity contribution in [3.63, 3.8) is 0 Å². The molecule has 94 valence electrons. The highest BCUT2D eigenvalue weighted by Crippen LogP contribution is 2.30. The second-order valence-corrected chi connectivity index (χ2v) is 5.00. The van der Waals surface area contributed by atoms with Gasteiger partial charge < -0.3 is 14.9 Å². The molecule has 4 nitrogen and oxygen atoms in total. The maximum Gasteiger partial charge on any atom is 0.118 e. The van der Waals surface area contributed by atoms with E-state index in [0.717, 1.165) is 31.0 Å². The van der Waals surface area contributed by atoms with Crippen LogP contribution in [0.4, 0.5) is 0 Å². The van der Waals surface area contributed by atoms with Crippen LogP contribution in [0.2, 0.25) is 0 Å². The van der Waals surface area contributed by atoms with Crippen molar-refractivity contribution in [2.24, 2.45) is 5.73 Å². The van der Waals surface area contributed by atoms with E-state index in [9.17, 15) is 0 Å². The third-order valence-electron chi connectivity index (χ3n) is 3.90. The molecule has 2 heterocycles. The first-order valence-electron chi connectivity index (χ1n) is 6.49. The zero-order valence-corrected chi connectivity index (χ0v) is 10.1. The van der Waals surface area contributed by atoms with Crippen molar-refractivity contribution in [2.45, 2.75) is 44.5 Å². The number of nitrogens with zero attached hydrogens (tertiary/aromatic N) is 1. The van der Waals surface area contributed by atoms with Gasteiger partial charge in [-0.2, -0.15) is 0 Å². The lowest BCUT2D eigenvalue weighted by atomic mass is 10.1. The fraction of sp³-hybridized carbons (Fsp3) is 0.692. The predicted octanol–water partition coefficient (Wildman–Crippen LogP) is 1.49. The van der Waals surface area contributed by atoms with Gasteiger partial charge in [-0.05, 0) is 25.3 Å². The number of ether oxygens (including phenoxy) is 1. The van der Waals surface area contributed by atoms with Crippen LogP contribution in [0.5, 0.6) is 0 Å². The van der Waals surface area contributed by atoms with Crippen molar-refractivity contribution in [1.29, 1.82) is 0 Å². The van der Waals surface area contributed by atoms with Gasteiger partial charge in [0.2, 0.25) is 0 Å². The molecule has 2 unspecified atom stereocenters. The molecule has 0 spiro atoms. The minimum atomic E-state index is 0.452. The van der Waals surface area contributed by atoms with Crippen LogP contribution in [0.25, 0.3) is 0 Å². The lowest BCUT2D eigenvalue weighted by molar-refractivity contribution is -0.0606. The SMILES string of the molecule is NCc1coc(CN2CCOC3CCCC32)c1. The fourth-order valence-electron chi connectivity index (χ4n) is 3.02. The molecule has 4 heteroatoms. The lowest BCUT2D eigenvalue weighted by Gasteiger charge is -2.37. The molecule has 1 aromatic heterocycles. The molecule has 2 fully saturated rings. The van der Waals surface area contributed by atoms with Gasteiger partial charge in [0.05, 0.1) is 25.5 Å². The summed E-state index contributed by atoms with van der Waals surface area (Å²) in [4.78, 5) is 2.50. The lowest BCUT2D eigenvalue weighted by Crippen LogP contribution is -2.47. The Labute approximate surface area is 102 Å². The van der Waals surface area contributed by atoms with E-state index in [0.29, 0.717) is 18.7 Å². The van der Waals surface area contributed by atoms with Gasteiger partial charge in [0.25, 0.3) is 0 Å². The second-order valence-electron chi connectivity index (χ2n) is 5.00. The van der Waals surface area contributed by atoms with Gasteiger partial charge in [-0.25, -0.2) is 0 Å². The Balaban J connectivity index is 1.67. The number of nitrogens with two attached hydrogens (primary N) is 1. The number of furan rings is 1. The van der Waals surface area contributed by atoms with Crippen molar-refractivity contribution in [3.05, 3.63) is 23.7 Å². The zero-order valence-electron chi connectivity index (χ0n) is 10.1. The molecule has 0 amide bonds. The van der Waals surface area contributed by atoms with E-state index in [-0.39, 0.29) is 0 Å². The molecule has 17 heavy (non-hydrogen) atoms. The molecular formula is C13H20N2O2. The number of fused-ring (bicyclic) bond motifs is 1. The summed E-state index contributed by atoms with van der Waals surface area (Å²) in [7, 11) is 0. The number of hydrogen-bond donors (Lipinski definition) is 1. The fourth-order valence-corrected chi connectivity index (χ4v) is 3.02. The maximum atomic E-state index is 5.80. The highest BCUT2D eigenvalue weighted by molar-refractivity contribution is 5.12. The minimum Gasteiger partial charge on any atom is -0.468 e. The highest BCUT2D eigenvalue weighted by atomic mass is 16.5. The number of morpholine rings is 1. The minimum absolute atomic E-state index is 0.452. The zero-order chi connectivity index (χ0) is 11.7. The summed E-state index contributed by atoms with van der Waals surface area (Å²) in [5.41, 5.74) is 6.67. The van der Waals surface area contributed by atoms with Crippen molar-refractivity contribution in [3.8, 4) is 0 Å². The van der Waals surface area contributed by atoms with E-state index >= 15 is 0 Å². The van der Waals surface area contributed by atoms with Crippen LogP contribution in [0, 0.1) is 0 Å². The number of hydrogen-bond acceptors (Lipinski definition) is 4. The van der Waals surface area contributed by atoms with Gasteiger partial charge >= 0.3 is 0 Å². The van der Waals surface area contributed by atoms with Gasteiger partial charge in [-0.3, -0.25) is 4.90 Å². The van der Waals surface area contributed by atoms with Crippen LogP contribution in [-0.2, 0) is 17.8 Å². The van der Waals surface area contributed by atoms with E-state index in [4.69, 9.17) is 14.9 Å². The third-order valence-corrected chi connectivity index (χ3v) is 3.90. The van der Waals surface area contributed by atoms with E-state index in [1.54, 1.807) is 6.26 Å². The molecule has 1 aliphatic carbocycles. The largest absolute Gasteiger partial charge is 0.468 e. The molecule has 2 N–H and O–H groups in total. The standard InChI is InChI=1S/C13H20N2O2/c14-7-10-6-11(17-9-10)8-15-4-5-16-13-3-1-2-12(13)15/h6,9,12-13H,1-5,7-8,14H2. The van der Waals surface area contributed by atoms with Crippen LogP contribution >= 0.6 is 0 Å². The monoisotopic (exact) mass is 236 g/mol. The summed E-state index contributed by atoms with van der Waals surface area (Å²) >= 11 is 0.